The first-order valence-corrected chi connectivity index (χ1v) is 6.52. The van der Waals surface area contributed by atoms with Crippen LogP contribution in [0.2, 0.25) is 5.02 Å². The van der Waals surface area contributed by atoms with Crippen LogP contribution in [-0.2, 0) is 24.4 Å². The lowest BCUT2D eigenvalue weighted by atomic mass is 10.1. The number of aromatic nitrogens is 3. The maximum absolute atomic E-state index is 12.1. The van der Waals surface area contributed by atoms with Crippen LogP contribution >= 0.6 is 11.6 Å². The molecule has 1 aliphatic rings. The van der Waals surface area contributed by atoms with Crippen molar-refractivity contribution in [2.45, 2.75) is 26.6 Å². The molecule has 0 radical (unpaired) electrons. The third kappa shape index (κ3) is 2.31. The quantitative estimate of drug-likeness (QED) is 0.839. The SMILES string of the molecule is Cc1ccc(Cn2nc3n(c2=O)CCOC3)cc1Cl. The predicted octanol–water partition coefficient (Wildman–Crippen LogP) is 1.59. The third-order valence-corrected chi connectivity index (χ3v) is 3.67. The van der Waals surface area contributed by atoms with Crippen molar-refractivity contribution < 1.29 is 4.74 Å². The Labute approximate surface area is 115 Å². The van der Waals surface area contributed by atoms with Crippen molar-refractivity contribution in [1.82, 2.24) is 14.3 Å². The molecule has 0 saturated heterocycles. The van der Waals surface area contributed by atoms with Crippen molar-refractivity contribution in [3.05, 3.63) is 50.7 Å². The standard InChI is InChI=1S/C13H14ClN3O2/c1-9-2-3-10(6-11(9)14)7-17-13(18)16-4-5-19-8-12(16)15-17/h2-3,6H,4-5,7-8H2,1H3. The number of fused-ring (bicyclic) bond motifs is 1. The van der Waals surface area contributed by atoms with Crippen LogP contribution < -0.4 is 5.69 Å². The zero-order valence-electron chi connectivity index (χ0n) is 10.6. The van der Waals surface area contributed by atoms with E-state index in [0.29, 0.717) is 37.2 Å². The molecule has 0 unspecified atom stereocenters. The van der Waals surface area contributed by atoms with E-state index in [4.69, 9.17) is 16.3 Å². The summed E-state index contributed by atoms with van der Waals surface area (Å²) in [6.07, 6.45) is 0. The van der Waals surface area contributed by atoms with Crippen molar-refractivity contribution in [2.75, 3.05) is 6.61 Å². The van der Waals surface area contributed by atoms with E-state index in [1.807, 2.05) is 25.1 Å². The van der Waals surface area contributed by atoms with E-state index < -0.39 is 0 Å². The van der Waals surface area contributed by atoms with Gasteiger partial charge in [-0.15, -0.1) is 0 Å². The van der Waals surface area contributed by atoms with Gasteiger partial charge in [0.15, 0.2) is 5.82 Å². The van der Waals surface area contributed by atoms with E-state index in [-0.39, 0.29) is 5.69 Å². The minimum Gasteiger partial charge on any atom is -0.372 e. The zero-order chi connectivity index (χ0) is 13.4. The van der Waals surface area contributed by atoms with Gasteiger partial charge in [-0.25, -0.2) is 9.48 Å². The Balaban J connectivity index is 1.93. The molecule has 3 rings (SSSR count). The Morgan fingerprint density at radius 2 is 2.32 bits per heavy atom. The van der Waals surface area contributed by atoms with Gasteiger partial charge in [-0.05, 0) is 24.1 Å². The lowest BCUT2D eigenvalue weighted by Crippen LogP contribution is -2.29. The molecule has 100 valence electrons. The molecule has 0 N–H and O–H groups in total. The summed E-state index contributed by atoms with van der Waals surface area (Å²) in [5, 5.41) is 5.00. The molecular weight excluding hydrogens is 266 g/mol. The first-order valence-electron chi connectivity index (χ1n) is 6.14. The third-order valence-electron chi connectivity index (χ3n) is 3.26. The molecule has 5 nitrogen and oxygen atoms in total. The molecule has 2 aromatic rings. The van der Waals surface area contributed by atoms with Crippen LogP contribution in [-0.4, -0.2) is 21.0 Å². The van der Waals surface area contributed by atoms with Crippen LogP contribution in [0, 0.1) is 6.92 Å². The highest BCUT2D eigenvalue weighted by atomic mass is 35.5. The lowest BCUT2D eigenvalue weighted by Gasteiger charge is -2.11. The van der Waals surface area contributed by atoms with Crippen molar-refractivity contribution in [3.8, 4) is 0 Å². The summed E-state index contributed by atoms with van der Waals surface area (Å²) >= 11 is 6.09. The van der Waals surface area contributed by atoms with E-state index in [2.05, 4.69) is 5.10 Å². The van der Waals surface area contributed by atoms with Gasteiger partial charge in [-0.2, -0.15) is 5.10 Å². The highest BCUT2D eigenvalue weighted by molar-refractivity contribution is 6.31. The highest BCUT2D eigenvalue weighted by Crippen LogP contribution is 2.17. The summed E-state index contributed by atoms with van der Waals surface area (Å²) in [6, 6.07) is 5.78. The van der Waals surface area contributed by atoms with E-state index in [0.717, 1.165) is 11.1 Å². The van der Waals surface area contributed by atoms with Gasteiger partial charge in [-0.3, -0.25) is 4.57 Å². The molecule has 0 bridgehead atoms. The number of hydrogen-bond acceptors (Lipinski definition) is 3. The van der Waals surface area contributed by atoms with Gasteiger partial charge in [0.05, 0.1) is 19.7 Å². The van der Waals surface area contributed by atoms with Crippen molar-refractivity contribution >= 4 is 11.6 Å². The number of hydrogen-bond donors (Lipinski definition) is 0. The van der Waals surface area contributed by atoms with Crippen LogP contribution in [0.25, 0.3) is 0 Å². The van der Waals surface area contributed by atoms with Gasteiger partial charge in [0.25, 0.3) is 0 Å². The van der Waals surface area contributed by atoms with E-state index >= 15 is 0 Å². The summed E-state index contributed by atoms with van der Waals surface area (Å²) in [4.78, 5) is 12.1. The summed E-state index contributed by atoms with van der Waals surface area (Å²) in [5.74, 6) is 0.689. The zero-order valence-corrected chi connectivity index (χ0v) is 11.4. The number of ether oxygens (including phenoxy) is 1. The second-order valence-corrected chi connectivity index (χ2v) is 5.05. The Morgan fingerprint density at radius 3 is 3.05 bits per heavy atom. The summed E-state index contributed by atoms with van der Waals surface area (Å²) in [6.45, 7) is 3.92. The van der Waals surface area contributed by atoms with Crippen LogP contribution in [0.1, 0.15) is 17.0 Å². The monoisotopic (exact) mass is 279 g/mol. The maximum Gasteiger partial charge on any atom is 0.346 e. The fraction of sp³-hybridized carbons (Fsp3) is 0.385. The minimum atomic E-state index is -0.0880. The molecule has 6 heteroatoms. The average Bonchev–Trinajstić information content (AvgIpc) is 2.72. The van der Waals surface area contributed by atoms with Gasteiger partial charge in [-0.1, -0.05) is 23.7 Å². The fourth-order valence-electron chi connectivity index (χ4n) is 2.15. The number of halogens is 1. The van der Waals surface area contributed by atoms with Crippen molar-refractivity contribution in [2.24, 2.45) is 0 Å². The van der Waals surface area contributed by atoms with E-state index in [1.54, 1.807) is 4.57 Å². The summed E-state index contributed by atoms with van der Waals surface area (Å²) in [5.41, 5.74) is 1.90. The lowest BCUT2D eigenvalue weighted by molar-refractivity contribution is 0.0805. The topological polar surface area (TPSA) is 49.0 Å². The van der Waals surface area contributed by atoms with Gasteiger partial charge in [0.2, 0.25) is 0 Å². The normalized spacial score (nSPS) is 14.4. The molecule has 1 aliphatic heterocycles. The van der Waals surface area contributed by atoms with E-state index in [1.165, 1.54) is 4.68 Å². The fourth-order valence-corrected chi connectivity index (χ4v) is 2.35. The Morgan fingerprint density at radius 1 is 1.47 bits per heavy atom. The number of benzene rings is 1. The molecule has 19 heavy (non-hydrogen) atoms. The number of rotatable bonds is 2. The van der Waals surface area contributed by atoms with Gasteiger partial charge >= 0.3 is 5.69 Å². The van der Waals surface area contributed by atoms with Crippen molar-refractivity contribution in [1.29, 1.82) is 0 Å². The Hall–Kier alpha value is -1.59. The second kappa shape index (κ2) is 4.83. The molecule has 2 heterocycles. The molecule has 0 fully saturated rings. The molecule has 1 aromatic heterocycles. The Kier molecular flexibility index (Phi) is 3.16. The van der Waals surface area contributed by atoms with Gasteiger partial charge in [0, 0.05) is 5.02 Å². The summed E-state index contributed by atoms with van der Waals surface area (Å²) < 4.78 is 8.42. The minimum absolute atomic E-state index is 0.0880. The number of aryl methyl sites for hydroxylation is 1. The predicted molar refractivity (Wildman–Crippen MR) is 71.4 cm³/mol. The van der Waals surface area contributed by atoms with Gasteiger partial charge < -0.3 is 4.74 Å². The number of nitrogens with zero attached hydrogens (tertiary/aromatic N) is 3. The Bertz CT molecular complexity index is 675. The molecule has 0 aliphatic carbocycles. The average molecular weight is 280 g/mol. The van der Waals surface area contributed by atoms with Crippen LogP contribution in [0.3, 0.4) is 0 Å². The van der Waals surface area contributed by atoms with Crippen LogP contribution in [0.4, 0.5) is 0 Å². The van der Waals surface area contributed by atoms with E-state index in [9.17, 15) is 4.79 Å². The molecule has 0 saturated carbocycles. The summed E-state index contributed by atoms with van der Waals surface area (Å²) in [7, 11) is 0. The van der Waals surface area contributed by atoms with Crippen molar-refractivity contribution in [3.63, 3.8) is 0 Å². The molecule has 0 atom stereocenters. The van der Waals surface area contributed by atoms with Crippen LogP contribution in [0.5, 0.6) is 0 Å². The second-order valence-electron chi connectivity index (χ2n) is 4.64. The van der Waals surface area contributed by atoms with Gasteiger partial charge in [0.1, 0.15) is 6.61 Å². The van der Waals surface area contributed by atoms with Crippen LogP contribution in [0.15, 0.2) is 23.0 Å². The smallest absolute Gasteiger partial charge is 0.346 e. The first-order chi connectivity index (χ1) is 9.15. The largest absolute Gasteiger partial charge is 0.372 e. The first kappa shape index (κ1) is 12.4. The molecule has 1 aromatic carbocycles. The highest BCUT2D eigenvalue weighted by Gasteiger charge is 2.17. The maximum atomic E-state index is 12.1. The molecule has 0 amide bonds. The molecule has 0 spiro atoms. The molecular formula is C13H14ClN3O2.